The van der Waals surface area contributed by atoms with Crippen molar-refractivity contribution in [2.24, 2.45) is 0 Å². The van der Waals surface area contributed by atoms with Gasteiger partial charge in [-0.1, -0.05) is 47.8 Å². The number of halogens is 3. The van der Waals surface area contributed by atoms with Gasteiger partial charge in [-0.25, -0.2) is 0 Å². The quantitative estimate of drug-likeness (QED) is 0.565. The van der Waals surface area contributed by atoms with E-state index in [0.29, 0.717) is 6.10 Å². The van der Waals surface area contributed by atoms with Crippen LogP contribution in [0, 0.1) is 6.92 Å². The average molecular weight is 427 g/mol. The van der Waals surface area contributed by atoms with E-state index in [1.807, 2.05) is 0 Å². The molecule has 1 aliphatic heterocycles. The normalized spacial score (nSPS) is 26.2. The molecule has 17 heavy (non-hydrogen) atoms. The van der Waals surface area contributed by atoms with Crippen molar-refractivity contribution in [2.45, 2.75) is 43.7 Å². The monoisotopic (exact) mass is 424 g/mol. The molecule has 0 N–H and O–H groups in total. The van der Waals surface area contributed by atoms with Crippen LogP contribution in [0.5, 0.6) is 0 Å². The van der Waals surface area contributed by atoms with E-state index < -0.39 is 0 Å². The molecule has 1 aliphatic rings. The predicted octanol–water partition coefficient (Wildman–Crippen LogP) is 5.52. The van der Waals surface area contributed by atoms with Crippen LogP contribution in [0.2, 0.25) is 0 Å². The first kappa shape index (κ1) is 14.0. The second kappa shape index (κ2) is 5.72. The summed E-state index contributed by atoms with van der Waals surface area (Å²) in [5.41, 5.74) is 2.49. The summed E-state index contributed by atoms with van der Waals surface area (Å²) in [5, 5.41) is 0. The van der Waals surface area contributed by atoms with E-state index in [-0.39, 0.29) is 10.9 Å². The van der Waals surface area contributed by atoms with E-state index in [9.17, 15) is 0 Å². The van der Waals surface area contributed by atoms with Gasteiger partial charge in [-0.2, -0.15) is 0 Å². The first-order valence-electron chi connectivity index (χ1n) is 5.74. The Balaban J connectivity index is 2.24. The van der Waals surface area contributed by atoms with Crippen LogP contribution in [0.3, 0.4) is 0 Å². The van der Waals surface area contributed by atoms with Gasteiger partial charge in [0, 0.05) is 8.95 Å². The summed E-state index contributed by atoms with van der Waals surface area (Å²) in [6, 6.07) is 4.32. The van der Waals surface area contributed by atoms with Crippen LogP contribution in [-0.2, 0) is 4.74 Å². The van der Waals surface area contributed by atoms with E-state index in [0.717, 1.165) is 21.8 Å². The fraction of sp³-hybridized carbons (Fsp3) is 0.538. The van der Waals surface area contributed by atoms with Gasteiger partial charge in [0.25, 0.3) is 0 Å². The Morgan fingerprint density at radius 2 is 1.94 bits per heavy atom. The fourth-order valence-corrected chi connectivity index (χ4v) is 4.26. The predicted molar refractivity (Wildman–Crippen MR) is 81.8 cm³/mol. The number of hydrogen-bond donors (Lipinski definition) is 0. The standard InChI is InChI=1S/C13H15Br3O/c1-7-5-11(15)9(6-10(7)14)13(16)12-4-3-8(2)17-12/h5-6,8,12-13H,3-4H2,1-2H3. The van der Waals surface area contributed by atoms with E-state index in [1.54, 1.807) is 0 Å². The zero-order valence-electron chi connectivity index (χ0n) is 9.84. The summed E-state index contributed by atoms with van der Waals surface area (Å²) in [6.07, 6.45) is 2.93. The Hall–Kier alpha value is 0.620. The molecule has 1 saturated heterocycles. The number of alkyl halides is 1. The number of rotatable bonds is 2. The Kier molecular flexibility index (Phi) is 4.73. The summed E-state index contributed by atoms with van der Waals surface area (Å²) in [4.78, 5) is 0.249. The average Bonchev–Trinajstić information content (AvgIpc) is 2.69. The summed E-state index contributed by atoms with van der Waals surface area (Å²) in [5.74, 6) is 0. The van der Waals surface area contributed by atoms with Crippen molar-refractivity contribution in [1.82, 2.24) is 0 Å². The van der Waals surface area contributed by atoms with Crippen molar-refractivity contribution in [1.29, 1.82) is 0 Å². The first-order chi connectivity index (χ1) is 7.99. The van der Waals surface area contributed by atoms with Gasteiger partial charge in [-0.15, -0.1) is 0 Å². The van der Waals surface area contributed by atoms with Gasteiger partial charge < -0.3 is 4.74 Å². The molecule has 94 valence electrons. The SMILES string of the molecule is Cc1cc(Br)c(C(Br)C2CCC(C)O2)cc1Br. The van der Waals surface area contributed by atoms with E-state index in [4.69, 9.17) is 4.74 Å². The molecule has 0 radical (unpaired) electrons. The largest absolute Gasteiger partial charge is 0.374 e. The van der Waals surface area contributed by atoms with Gasteiger partial charge >= 0.3 is 0 Å². The van der Waals surface area contributed by atoms with Crippen LogP contribution in [0.4, 0.5) is 0 Å². The molecule has 2 rings (SSSR count). The summed E-state index contributed by atoms with van der Waals surface area (Å²) in [7, 11) is 0. The summed E-state index contributed by atoms with van der Waals surface area (Å²) in [6.45, 7) is 4.23. The molecule has 0 amide bonds. The molecule has 1 fully saturated rings. The third-order valence-electron chi connectivity index (χ3n) is 3.17. The van der Waals surface area contributed by atoms with Crippen molar-refractivity contribution < 1.29 is 4.74 Å². The van der Waals surface area contributed by atoms with E-state index >= 15 is 0 Å². The van der Waals surface area contributed by atoms with Crippen LogP contribution >= 0.6 is 47.8 Å². The van der Waals surface area contributed by atoms with Crippen molar-refractivity contribution in [2.75, 3.05) is 0 Å². The lowest BCUT2D eigenvalue weighted by Gasteiger charge is -2.20. The van der Waals surface area contributed by atoms with Gasteiger partial charge in [0.1, 0.15) is 0 Å². The van der Waals surface area contributed by atoms with Gasteiger partial charge in [-0.3, -0.25) is 0 Å². The molecule has 0 bridgehead atoms. The topological polar surface area (TPSA) is 9.23 Å². The minimum Gasteiger partial charge on any atom is -0.374 e. The highest BCUT2D eigenvalue weighted by Crippen LogP contribution is 2.40. The smallest absolute Gasteiger partial charge is 0.0745 e. The van der Waals surface area contributed by atoms with Crippen molar-refractivity contribution in [3.63, 3.8) is 0 Å². The third-order valence-corrected chi connectivity index (χ3v) is 5.79. The van der Waals surface area contributed by atoms with Crippen molar-refractivity contribution in [3.8, 4) is 0 Å². The molecule has 0 saturated carbocycles. The number of ether oxygens (including phenoxy) is 1. The fourth-order valence-electron chi connectivity index (χ4n) is 2.12. The van der Waals surface area contributed by atoms with Crippen molar-refractivity contribution in [3.05, 3.63) is 32.2 Å². The second-order valence-electron chi connectivity index (χ2n) is 4.59. The van der Waals surface area contributed by atoms with Crippen LogP contribution in [-0.4, -0.2) is 12.2 Å². The summed E-state index contributed by atoms with van der Waals surface area (Å²) < 4.78 is 8.21. The van der Waals surface area contributed by atoms with Gasteiger partial charge in [-0.05, 0) is 49.9 Å². The lowest BCUT2D eigenvalue weighted by Crippen LogP contribution is -2.14. The van der Waals surface area contributed by atoms with Crippen LogP contribution < -0.4 is 0 Å². The number of hydrogen-bond acceptors (Lipinski definition) is 1. The van der Waals surface area contributed by atoms with Crippen LogP contribution in [0.1, 0.15) is 35.7 Å². The zero-order chi connectivity index (χ0) is 12.6. The lowest BCUT2D eigenvalue weighted by atomic mass is 10.0. The third kappa shape index (κ3) is 3.14. The minimum absolute atomic E-state index is 0.249. The van der Waals surface area contributed by atoms with Crippen molar-refractivity contribution >= 4 is 47.8 Å². The molecule has 3 atom stereocenters. The highest BCUT2D eigenvalue weighted by atomic mass is 79.9. The maximum atomic E-state index is 5.92. The van der Waals surface area contributed by atoms with Gasteiger partial charge in [0.15, 0.2) is 0 Å². The molecule has 1 heterocycles. The summed E-state index contributed by atoms with van der Waals surface area (Å²) >= 11 is 11.0. The van der Waals surface area contributed by atoms with Gasteiger partial charge in [0.2, 0.25) is 0 Å². The Morgan fingerprint density at radius 1 is 1.24 bits per heavy atom. The Bertz CT molecular complexity index is 419. The highest BCUT2D eigenvalue weighted by molar-refractivity contribution is 9.11. The Morgan fingerprint density at radius 3 is 2.53 bits per heavy atom. The number of aryl methyl sites for hydroxylation is 1. The van der Waals surface area contributed by atoms with E-state index in [2.05, 4.69) is 73.8 Å². The molecule has 1 aromatic carbocycles. The highest BCUT2D eigenvalue weighted by Gasteiger charge is 2.30. The Labute approximate surface area is 128 Å². The molecule has 1 aromatic rings. The molecule has 3 unspecified atom stereocenters. The molecular weight excluding hydrogens is 412 g/mol. The molecule has 1 nitrogen and oxygen atoms in total. The second-order valence-corrected chi connectivity index (χ2v) is 7.28. The maximum Gasteiger partial charge on any atom is 0.0745 e. The molecule has 0 aromatic heterocycles. The molecule has 4 heteroatoms. The minimum atomic E-state index is 0.249. The maximum absolute atomic E-state index is 5.92. The van der Waals surface area contributed by atoms with Crippen LogP contribution in [0.25, 0.3) is 0 Å². The lowest BCUT2D eigenvalue weighted by molar-refractivity contribution is 0.0556. The first-order valence-corrected chi connectivity index (χ1v) is 8.24. The van der Waals surface area contributed by atoms with E-state index in [1.165, 1.54) is 11.1 Å². The van der Waals surface area contributed by atoms with Crippen LogP contribution in [0.15, 0.2) is 21.1 Å². The molecular formula is C13H15Br3O. The zero-order valence-corrected chi connectivity index (χ0v) is 14.6. The number of benzene rings is 1. The van der Waals surface area contributed by atoms with Gasteiger partial charge in [0.05, 0.1) is 17.0 Å². The molecule has 0 spiro atoms. The molecule has 0 aliphatic carbocycles.